The average molecular weight is 2180 g/mol. The minimum atomic E-state index is -4.23. The lowest BCUT2D eigenvalue weighted by molar-refractivity contribution is -0.890. The second kappa shape index (κ2) is 60.2. The fraction of sp³-hybridized carbons (Fsp3) is 0.902. The first kappa shape index (κ1) is 137. The quantitative estimate of drug-likeness (QED) is 0.0116. The van der Waals surface area contributed by atoms with Crippen LogP contribution < -0.4 is 36.0 Å². The van der Waals surface area contributed by atoms with Crippen molar-refractivity contribution in [1.29, 1.82) is 0 Å². The molecule has 0 radical (unpaired) electrons. The number of nitrogens with one attached hydrogen (secondary N) is 3. The molecule has 3 amide bonds. The Kier molecular flexibility index (Phi) is 57.2. The van der Waals surface area contributed by atoms with E-state index < -0.39 is 278 Å². The summed E-state index contributed by atoms with van der Waals surface area (Å²) in [5.41, 5.74) is 0. The van der Waals surface area contributed by atoms with Crippen molar-refractivity contribution in [2.24, 2.45) is 0 Å². The van der Waals surface area contributed by atoms with Gasteiger partial charge in [-0.15, -0.1) is 0 Å². The summed E-state index contributed by atoms with van der Waals surface area (Å²) in [7, 11) is 8.80. The molecule has 6 aliphatic rings. The second-order valence-corrected chi connectivity index (χ2v) is 47.5. The number of nitrogens with zero attached hydrogens (tertiary/aromatic N) is 6. The lowest BCUT2D eigenvalue weighted by Crippen LogP contribution is -2.61. The Morgan fingerprint density at radius 1 is 0.312 bits per heavy atom. The Bertz CT molecular complexity index is 4280. The van der Waals surface area contributed by atoms with E-state index in [4.69, 9.17) is 67.0 Å². The molecule has 6 heterocycles. The van der Waals surface area contributed by atoms with E-state index in [-0.39, 0.29) is 99.9 Å². The number of hydrogen-bond donors (Lipinski definition) is 21. The van der Waals surface area contributed by atoms with Gasteiger partial charge in [0, 0.05) is 30.9 Å². The van der Waals surface area contributed by atoms with E-state index in [9.17, 15) is 170 Å². The van der Waals surface area contributed by atoms with Crippen LogP contribution in [0.25, 0.3) is 0 Å². The third-order valence-corrected chi connectivity index (χ3v) is 27.7. The number of rotatable bonds is 47. The van der Waals surface area contributed by atoms with E-state index in [1.165, 1.54) is 34.6 Å². The van der Waals surface area contributed by atoms with Gasteiger partial charge in [-0.2, -0.15) is 0 Å². The Morgan fingerprint density at radius 2 is 0.556 bits per heavy atom. The molecule has 0 bridgehead atoms. The van der Waals surface area contributed by atoms with Gasteiger partial charge in [0.05, 0.1) is 265 Å². The number of hydrogen-bond acceptors (Lipinski definition) is 46. The van der Waals surface area contributed by atoms with Crippen molar-refractivity contribution in [3.05, 3.63) is 0 Å². The molecule has 0 aliphatic carbocycles. The predicted molar refractivity (Wildman–Crippen MR) is 486 cm³/mol. The highest BCUT2D eigenvalue weighted by molar-refractivity contribution is 7.85. The van der Waals surface area contributed by atoms with Crippen LogP contribution in [0.3, 0.4) is 0 Å². The molecule has 0 aromatic carbocycles. The largest absolute Gasteiger partial charge is 0.778 e. The smallest absolute Gasteiger partial charge is 0.335 e. The van der Waals surface area contributed by atoms with Gasteiger partial charge in [-0.25, -0.2) is 31.2 Å². The Labute approximate surface area is 837 Å². The summed E-state index contributed by atoms with van der Waals surface area (Å²) >= 11 is 0. The minimum absolute atomic E-state index is 0.102. The van der Waals surface area contributed by atoms with Crippen molar-refractivity contribution in [2.45, 2.75) is 238 Å². The van der Waals surface area contributed by atoms with Crippen LogP contribution in [0, 0.1) is 0 Å². The molecule has 0 aromatic heterocycles. The number of amides is 3. The first-order chi connectivity index (χ1) is 65.5. The van der Waals surface area contributed by atoms with Crippen LogP contribution in [0.15, 0.2) is 0 Å². The number of aliphatic hydroxyl groups is 15. The van der Waals surface area contributed by atoms with E-state index in [1.807, 2.05) is 70.5 Å². The summed E-state index contributed by atoms with van der Waals surface area (Å²) in [6.45, 7) is 11.9. The molecule has 848 valence electrons. The molecule has 21 N–H and O–H groups in total. The van der Waals surface area contributed by atoms with Crippen LogP contribution >= 0.6 is 15.2 Å². The number of aliphatic hydroxyl groups excluding tert-OH is 15. The van der Waals surface area contributed by atoms with Crippen molar-refractivity contribution in [3.63, 3.8) is 0 Å². The molecule has 6 fully saturated rings. The van der Waals surface area contributed by atoms with Crippen molar-refractivity contribution in [3.8, 4) is 0 Å². The third kappa shape index (κ3) is 50.7. The number of quaternary nitrogens is 6. The van der Waals surface area contributed by atoms with Crippen LogP contribution in [0.4, 0.5) is 0 Å². The molecular formula is C82H159N9O49P2S2. The number of likely N-dealkylation sites (N-methyl/N-ethyl adjacent to an activating group) is 4. The van der Waals surface area contributed by atoms with Gasteiger partial charge in [-0.3, -0.25) is 14.4 Å². The lowest BCUT2D eigenvalue weighted by atomic mass is 9.95. The summed E-state index contributed by atoms with van der Waals surface area (Å²) in [5, 5.41) is 202. The molecule has 6 aliphatic heterocycles. The Hall–Kier alpha value is -5.32. The van der Waals surface area contributed by atoms with E-state index in [0.29, 0.717) is 70.3 Å². The van der Waals surface area contributed by atoms with Crippen LogP contribution in [0.1, 0.15) is 54.4 Å². The number of carboxylic acid groups (broad SMARTS) is 5. The van der Waals surface area contributed by atoms with Gasteiger partial charge >= 0.3 is 17.9 Å². The molecule has 32 atom stereocenters. The number of carbonyl (C=O) groups excluding carboxylic acids is 5. The summed E-state index contributed by atoms with van der Waals surface area (Å²) in [4.78, 5) is 114. The van der Waals surface area contributed by atoms with Gasteiger partial charge in [0.1, 0.15) is 151 Å². The maximum Gasteiger partial charge on any atom is 0.335 e. The van der Waals surface area contributed by atoms with Crippen LogP contribution in [-0.2, 0) is 119 Å². The van der Waals surface area contributed by atoms with E-state index >= 15 is 0 Å². The Morgan fingerprint density at radius 3 is 0.833 bits per heavy atom. The van der Waals surface area contributed by atoms with Crippen LogP contribution in [-0.4, -0.2) is 616 Å². The fourth-order valence-electron chi connectivity index (χ4n) is 14.5. The molecule has 6 saturated heterocycles. The predicted octanol–water partition coefficient (Wildman–Crippen LogP) is -17.0. The molecule has 0 aromatic rings. The van der Waals surface area contributed by atoms with Gasteiger partial charge in [0.2, 0.25) is 0 Å². The molecule has 144 heavy (non-hydrogen) atoms. The Balaban J connectivity index is 0.000000865. The van der Waals surface area contributed by atoms with Crippen LogP contribution in [0.5, 0.6) is 0 Å². The number of carbonyl (C=O) groups is 8. The van der Waals surface area contributed by atoms with Crippen molar-refractivity contribution in [1.82, 2.24) is 16.0 Å². The van der Waals surface area contributed by atoms with Gasteiger partial charge in [0.15, 0.2) is 36.6 Å². The summed E-state index contributed by atoms with van der Waals surface area (Å²) in [5.74, 6) is -9.28. The number of carboxylic acids is 5. The minimum Gasteiger partial charge on any atom is -0.778 e. The average Bonchev–Trinajstić information content (AvgIpc) is 0.824. The van der Waals surface area contributed by atoms with Gasteiger partial charge < -0.3 is 234 Å². The molecular weight excluding hydrogens is 2020 g/mol. The van der Waals surface area contributed by atoms with E-state index in [2.05, 4.69) is 16.0 Å². The van der Waals surface area contributed by atoms with Gasteiger partial charge in [-0.1, -0.05) is 0 Å². The molecule has 62 heteroatoms. The molecule has 6 rings (SSSR count). The first-order valence-electron chi connectivity index (χ1n) is 46.0. The molecule has 14 unspecified atom stereocenters. The summed E-state index contributed by atoms with van der Waals surface area (Å²) in [6, 6.07) is 0. The van der Waals surface area contributed by atoms with E-state index in [0.717, 1.165) is 0 Å². The maximum absolute atomic E-state index is 12.1. The van der Waals surface area contributed by atoms with Crippen molar-refractivity contribution in [2.75, 3.05) is 241 Å². The monoisotopic (exact) mass is 2180 g/mol. The number of ether oxygens (including phenoxy) is 9. The van der Waals surface area contributed by atoms with Gasteiger partial charge in [-0.05, 0) is 41.5 Å². The summed E-state index contributed by atoms with van der Waals surface area (Å²) < 4.78 is 146. The molecule has 0 saturated carbocycles. The van der Waals surface area contributed by atoms with Gasteiger partial charge in [0.25, 0.3) is 17.7 Å². The molecule has 0 spiro atoms. The number of aliphatic carboxylic acids is 5. The fourth-order valence-corrected chi connectivity index (χ4v) is 18.1. The topological polar surface area (TPSA) is 879 Å². The zero-order valence-corrected chi connectivity index (χ0v) is 88.3. The normalized spacial score (nSPS) is 32.2. The second-order valence-electron chi connectivity index (χ2n) is 40.6. The highest BCUT2D eigenvalue weighted by Crippen LogP contribution is 2.38. The summed E-state index contributed by atoms with van der Waals surface area (Å²) in [6.07, 6.45) is -37.7. The van der Waals surface area contributed by atoms with Crippen LogP contribution in [0.2, 0.25) is 0 Å². The zero-order chi connectivity index (χ0) is 112. The lowest BCUT2D eigenvalue weighted by Gasteiger charge is -2.40. The van der Waals surface area contributed by atoms with E-state index in [1.54, 1.807) is 35.1 Å². The molecule has 58 nitrogen and oxygen atoms in total. The maximum atomic E-state index is 12.1. The third-order valence-electron chi connectivity index (χ3n) is 23.5. The SMILES string of the molecule is CC1OC(C(=O)NCCOP(=O)([O-])CC[N+](C)(C)C)[C@@H](O)[C@H](O)[C@H]1O.CC1OC(C(=O)NCC[N+](C)(C)CC(=O)[O-])[C@@H](O)[C@H](O)[C@H]1O.CC1OC(C(=O)NCC[N+](C)(C)CCCS(=O)(=O)[O-])[C@@H](O)[C@H](O)[C@H]1O.CC1OC(C(=O)O)[C@@H](O)[C@H](O)[C@H]1OCCOP(=O)([O-])CC[N+](C)(C)C.CC1OC(C(=O)O)[C@@H](O)[C@H](O)[C@H]1OCC[N+](C)(C)CC(=O)[O-].CC1OC(C(=O)O)[C@@H](O)[C@H](O)[C@H]1OCC[N+](C)(C)CCCS(=O)(=O)[O-]. The van der Waals surface area contributed by atoms with Crippen molar-refractivity contribution < 1.29 is 264 Å². The first-order valence-corrected chi connectivity index (χ1v) is 52.6. The zero-order valence-electron chi connectivity index (χ0n) is 84.9. The standard InChI is InChI=1S/C14H29N2O8P.C14H28N2O8S.C14H28NO9P.C14H27NO9S.C13H24N2O7.C13H23NO8/c1-9-10(17)11(18)12(19)13(24-9)14(20)15-5-7-23-25(21,22)8-6-16(2,3)4;1-9-10(17)11(18)12(19)13(24-9)14(20)15-5-7-16(2,3)6-4-8-25(21,22)23;1-9-12(10(16)11(17)13(24-9)14(18)19)22-6-7-23-25(20,21)8-5-15(2,3)4;1-9-12(10(16)11(17)13(24-9)14(18)19)23-7-6-15(2,3)5-4-8-25(20,21)22;1-7-9(18)10(19)11(20)12(22-7)13(21)14-4-5-15(2,3)6-8(16)17;1-7-11(9(17)10(18)12(22-7)13(19)20)21-5-4-14(2,3)6-8(15)16/h9-13,17-19H,5-8H2,1-4H3,(H-,15,20,21,22);9-13,17-19H,4-8H2,1-3H3,(H-,15,20,21,22,23);9-13,16-17H,5-8H2,1-4H3,(H-,18,19,20,21);9-13,16-17H,4-8H2,1-3H3,(H-,18,19,20,21,22);7,9-12,18-20H,4-6H2,1-3H3,(H-,14,16,17,21);7,9-12,17-18H,4-6H2,1-3H3,(H-,15,16,19,20)/t2*9?,10-,11+,12-,13?;2*9?,10-,11-,12-,13?;7?,9-,10+,11-,12?;7?,9-,10-,11-,12?/m000000/s1. The van der Waals surface area contributed by atoms with Crippen molar-refractivity contribution >= 4 is 83.0 Å². The highest BCUT2D eigenvalue weighted by Gasteiger charge is 2.52. The highest BCUT2D eigenvalue weighted by atomic mass is 32.2.